The van der Waals surface area contributed by atoms with Crippen molar-refractivity contribution in [3.8, 4) is 0 Å². The van der Waals surface area contributed by atoms with E-state index in [4.69, 9.17) is 0 Å². The van der Waals surface area contributed by atoms with Gasteiger partial charge in [0.15, 0.2) is 0 Å². The van der Waals surface area contributed by atoms with Crippen LogP contribution in [-0.4, -0.2) is 46.1 Å². The molecule has 0 saturated carbocycles. The van der Waals surface area contributed by atoms with Gasteiger partial charge in [-0.25, -0.2) is 19.3 Å². The Balaban J connectivity index is 1.36. The molecule has 0 atom stereocenters. The van der Waals surface area contributed by atoms with Crippen LogP contribution in [0.25, 0.3) is 0 Å². The summed E-state index contributed by atoms with van der Waals surface area (Å²) in [5, 5.41) is 3.19. The number of hydrogen-bond acceptors (Lipinski definition) is 7. The second kappa shape index (κ2) is 7.94. The summed E-state index contributed by atoms with van der Waals surface area (Å²) in [6.45, 7) is 3.90. The lowest BCUT2D eigenvalue weighted by Gasteiger charge is -2.35. The molecular weight excluding hydrogens is 345 g/mol. The summed E-state index contributed by atoms with van der Waals surface area (Å²) in [4.78, 5) is 21.9. The minimum absolute atomic E-state index is 0.239. The van der Waals surface area contributed by atoms with E-state index in [-0.39, 0.29) is 5.82 Å². The number of aromatic nitrogens is 4. The van der Waals surface area contributed by atoms with Crippen LogP contribution in [0.3, 0.4) is 0 Å². The summed E-state index contributed by atoms with van der Waals surface area (Å²) in [5.74, 6) is 1.98. The molecule has 138 valence electrons. The number of halogens is 1. The van der Waals surface area contributed by atoms with Gasteiger partial charge in [0.05, 0.1) is 0 Å². The van der Waals surface area contributed by atoms with Crippen LogP contribution >= 0.6 is 0 Å². The number of nitrogens with one attached hydrogen (secondary N) is 1. The van der Waals surface area contributed by atoms with Crippen molar-refractivity contribution in [1.82, 2.24) is 19.9 Å². The van der Waals surface area contributed by atoms with E-state index in [0.29, 0.717) is 12.5 Å². The van der Waals surface area contributed by atoms with Crippen LogP contribution in [0.2, 0.25) is 0 Å². The number of hydrogen-bond donors (Lipinski definition) is 1. The fourth-order valence-corrected chi connectivity index (χ4v) is 2.98. The SMILES string of the molecule is Fc1ccc(CNc2nccc(N3CCN(c4ncccn4)CC3)n2)cc1. The van der Waals surface area contributed by atoms with Crippen molar-refractivity contribution >= 4 is 17.7 Å². The van der Waals surface area contributed by atoms with Crippen molar-refractivity contribution in [3.05, 3.63) is 66.4 Å². The van der Waals surface area contributed by atoms with Crippen LogP contribution in [0.5, 0.6) is 0 Å². The molecule has 0 amide bonds. The molecule has 1 saturated heterocycles. The first kappa shape index (κ1) is 17.1. The van der Waals surface area contributed by atoms with Crippen LogP contribution in [-0.2, 0) is 6.54 Å². The molecule has 1 N–H and O–H groups in total. The minimum atomic E-state index is -0.239. The third kappa shape index (κ3) is 4.28. The first-order valence-corrected chi connectivity index (χ1v) is 8.86. The van der Waals surface area contributed by atoms with Crippen molar-refractivity contribution in [3.63, 3.8) is 0 Å². The number of rotatable bonds is 5. The van der Waals surface area contributed by atoms with E-state index in [0.717, 1.165) is 43.5 Å². The molecule has 2 aromatic heterocycles. The van der Waals surface area contributed by atoms with Crippen LogP contribution in [0, 0.1) is 5.82 Å². The van der Waals surface area contributed by atoms with Crippen molar-refractivity contribution in [2.24, 2.45) is 0 Å². The number of piperazine rings is 1. The van der Waals surface area contributed by atoms with Crippen molar-refractivity contribution < 1.29 is 4.39 Å². The molecule has 7 nitrogen and oxygen atoms in total. The molecule has 0 aliphatic carbocycles. The van der Waals surface area contributed by atoms with Gasteiger partial charge in [0.25, 0.3) is 0 Å². The highest BCUT2D eigenvalue weighted by atomic mass is 19.1. The first-order chi connectivity index (χ1) is 13.3. The Morgan fingerprint density at radius 1 is 0.852 bits per heavy atom. The topological polar surface area (TPSA) is 70.1 Å². The standard InChI is InChI=1S/C19H20FN7/c20-16-4-2-15(3-5-16)14-24-18-21-9-6-17(25-18)26-10-12-27(13-11-26)19-22-7-1-8-23-19/h1-9H,10-14H2,(H,21,24,25). The van der Waals surface area contributed by atoms with E-state index in [1.54, 1.807) is 30.7 Å². The van der Waals surface area contributed by atoms with E-state index < -0.39 is 0 Å². The average molecular weight is 365 g/mol. The summed E-state index contributed by atoms with van der Waals surface area (Å²) in [6.07, 6.45) is 5.28. The molecule has 3 aromatic rings. The second-order valence-corrected chi connectivity index (χ2v) is 6.24. The molecule has 4 rings (SSSR count). The third-order valence-electron chi connectivity index (χ3n) is 4.44. The van der Waals surface area contributed by atoms with E-state index in [9.17, 15) is 4.39 Å². The Hall–Kier alpha value is -3.29. The Morgan fingerprint density at radius 2 is 1.56 bits per heavy atom. The van der Waals surface area contributed by atoms with Gasteiger partial charge in [-0.2, -0.15) is 4.98 Å². The molecule has 1 aliphatic rings. The highest BCUT2D eigenvalue weighted by Gasteiger charge is 2.20. The second-order valence-electron chi connectivity index (χ2n) is 6.24. The molecular formula is C19H20FN7. The van der Waals surface area contributed by atoms with Crippen molar-refractivity contribution in [1.29, 1.82) is 0 Å². The van der Waals surface area contributed by atoms with Crippen molar-refractivity contribution in [2.45, 2.75) is 6.54 Å². The Morgan fingerprint density at radius 3 is 2.30 bits per heavy atom. The highest BCUT2D eigenvalue weighted by Crippen LogP contribution is 2.17. The van der Waals surface area contributed by atoms with Gasteiger partial charge >= 0.3 is 0 Å². The molecule has 0 unspecified atom stereocenters. The van der Waals surface area contributed by atoms with Gasteiger partial charge in [-0.05, 0) is 29.8 Å². The smallest absolute Gasteiger partial charge is 0.225 e. The fourth-order valence-electron chi connectivity index (χ4n) is 2.98. The average Bonchev–Trinajstić information content (AvgIpc) is 2.74. The molecule has 27 heavy (non-hydrogen) atoms. The molecule has 0 radical (unpaired) electrons. The van der Waals surface area contributed by atoms with Gasteiger partial charge in [-0.15, -0.1) is 0 Å². The summed E-state index contributed by atoms with van der Waals surface area (Å²) >= 11 is 0. The summed E-state index contributed by atoms with van der Waals surface area (Å²) in [6, 6.07) is 10.1. The fraction of sp³-hybridized carbons (Fsp3) is 0.263. The van der Waals surface area contributed by atoms with Gasteiger partial charge in [0, 0.05) is 51.3 Å². The lowest BCUT2D eigenvalue weighted by atomic mass is 10.2. The molecule has 8 heteroatoms. The molecule has 1 fully saturated rings. The summed E-state index contributed by atoms with van der Waals surface area (Å²) in [5.41, 5.74) is 0.974. The molecule has 0 spiro atoms. The van der Waals surface area contributed by atoms with Crippen LogP contribution in [0.1, 0.15) is 5.56 Å². The monoisotopic (exact) mass is 365 g/mol. The van der Waals surface area contributed by atoms with Gasteiger partial charge in [0.1, 0.15) is 11.6 Å². The van der Waals surface area contributed by atoms with Crippen LogP contribution in [0.15, 0.2) is 55.0 Å². The highest BCUT2D eigenvalue weighted by molar-refractivity contribution is 5.45. The molecule has 1 aliphatic heterocycles. The summed E-state index contributed by atoms with van der Waals surface area (Å²) in [7, 11) is 0. The van der Waals surface area contributed by atoms with E-state index >= 15 is 0 Å². The molecule has 3 heterocycles. The zero-order chi connectivity index (χ0) is 18.5. The van der Waals surface area contributed by atoms with E-state index in [1.165, 1.54) is 12.1 Å². The van der Waals surface area contributed by atoms with Gasteiger partial charge in [0.2, 0.25) is 11.9 Å². The Kier molecular flexibility index (Phi) is 5.04. The normalized spacial score (nSPS) is 14.3. The number of benzene rings is 1. The number of nitrogens with zero attached hydrogens (tertiary/aromatic N) is 6. The van der Waals surface area contributed by atoms with Gasteiger partial charge < -0.3 is 15.1 Å². The lowest BCUT2D eigenvalue weighted by Crippen LogP contribution is -2.47. The maximum absolute atomic E-state index is 13.0. The van der Waals surface area contributed by atoms with Crippen LogP contribution < -0.4 is 15.1 Å². The first-order valence-electron chi connectivity index (χ1n) is 8.86. The largest absolute Gasteiger partial charge is 0.353 e. The zero-order valence-corrected chi connectivity index (χ0v) is 14.8. The van der Waals surface area contributed by atoms with E-state index in [2.05, 4.69) is 35.1 Å². The van der Waals surface area contributed by atoms with E-state index in [1.807, 2.05) is 12.1 Å². The Labute approximate surface area is 156 Å². The van der Waals surface area contributed by atoms with Crippen molar-refractivity contribution in [2.75, 3.05) is 41.3 Å². The molecule has 0 bridgehead atoms. The predicted octanol–water partition coefficient (Wildman–Crippen LogP) is 2.34. The maximum atomic E-state index is 13.0. The lowest BCUT2D eigenvalue weighted by molar-refractivity contribution is 0.627. The zero-order valence-electron chi connectivity index (χ0n) is 14.8. The minimum Gasteiger partial charge on any atom is -0.353 e. The number of anilines is 3. The Bertz CT molecular complexity index is 865. The van der Waals surface area contributed by atoms with Crippen LogP contribution in [0.4, 0.5) is 22.1 Å². The maximum Gasteiger partial charge on any atom is 0.225 e. The molecule has 1 aromatic carbocycles. The van der Waals surface area contributed by atoms with Gasteiger partial charge in [-0.1, -0.05) is 12.1 Å². The third-order valence-corrected chi connectivity index (χ3v) is 4.44. The quantitative estimate of drug-likeness (QED) is 0.744. The summed E-state index contributed by atoms with van der Waals surface area (Å²) < 4.78 is 13.0. The van der Waals surface area contributed by atoms with Gasteiger partial charge in [-0.3, -0.25) is 0 Å². The predicted molar refractivity (Wildman–Crippen MR) is 102 cm³/mol.